The van der Waals surface area contributed by atoms with Gasteiger partial charge in [0.25, 0.3) is 0 Å². The molecule has 3 aromatic rings. The SMILES string of the molecule is COc1ccccc1NC(=O)CN1CCC(c2nc(-c3cccc(C)c3)no2)CC1. The van der Waals surface area contributed by atoms with E-state index < -0.39 is 0 Å². The number of amides is 1. The largest absolute Gasteiger partial charge is 0.495 e. The van der Waals surface area contributed by atoms with E-state index in [4.69, 9.17) is 9.26 Å². The quantitative estimate of drug-likeness (QED) is 0.669. The lowest BCUT2D eigenvalue weighted by molar-refractivity contribution is -0.117. The fourth-order valence-corrected chi connectivity index (χ4v) is 3.78. The van der Waals surface area contributed by atoms with Crippen LogP contribution in [0, 0.1) is 6.92 Å². The van der Waals surface area contributed by atoms with Crippen LogP contribution in [0.4, 0.5) is 5.69 Å². The number of rotatable bonds is 6. The second kappa shape index (κ2) is 9.09. The second-order valence-electron chi connectivity index (χ2n) is 7.62. The lowest BCUT2D eigenvalue weighted by Crippen LogP contribution is -2.38. The highest BCUT2D eigenvalue weighted by molar-refractivity contribution is 5.93. The van der Waals surface area contributed by atoms with Crippen molar-refractivity contribution in [2.75, 3.05) is 32.1 Å². The molecule has 0 saturated carbocycles. The first kappa shape index (κ1) is 20.1. The van der Waals surface area contributed by atoms with Crippen LogP contribution in [-0.2, 0) is 4.79 Å². The minimum atomic E-state index is -0.0440. The summed E-state index contributed by atoms with van der Waals surface area (Å²) in [6.07, 6.45) is 1.77. The molecule has 0 bridgehead atoms. The van der Waals surface area contributed by atoms with Gasteiger partial charge in [-0.25, -0.2) is 0 Å². The molecule has 0 atom stereocenters. The molecule has 4 rings (SSSR count). The van der Waals surface area contributed by atoms with Crippen molar-refractivity contribution in [1.29, 1.82) is 0 Å². The molecule has 1 aromatic heterocycles. The molecule has 2 heterocycles. The van der Waals surface area contributed by atoms with Crippen molar-refractivity contribution in [1.82, 2.24) is 15.0 Å². The number of nitrogens with one attached hydrogen (secondary N) is 1. The van der Waals surface area contributed by atoms with Gasteiger partial charge in [-0.1, -0.05) is 41.1 Å². The second-order valence-corrected chi connectivity index (χ2v) is 7.62. The van der Waals surface area contributed by atoms with E-state index >= 15 is 0 Å². The minimum Gasteiger partial charge on any atom is -0.495 e. The Bertz CT molecular complexity index is 1010. The highest BCUT2D eigenvalue weighted by Gasteiger charge is 2.26. The molecule has 156 valence electrons. The number of nitrogens with zero attached hydrogens (tertiary/aromatic N) is 3. The van der Waals surface area contributed by atoms with Gasteiger partial charge < -0.3 is 14.6 Å². The maximum Gasteiger partial charge on any atom is 0.238 e. The smallest absolute Gasteiger partial charge is 0.238 e. The predicted molar refractivity (Wildman–Crippen MR) is 115 cm³/mol. The Morgan fingerprint density at radius 2 is 2.00 bits per heavy atom. The summed E-state index contributed by atoms with van der Waals surface area (Å²) < 4.78 is 10.8. The molecule has 1 fully saturated rings. The van der Waals surface area contributed by atoms with E-state index in [0.29, 0.717) is 29.7 Å². The summed E-state index contributed by atoms with van der Waals surface area (Å²) in [5.41, 5.74) is 2.82. The van der Waals surface area contributed by atoms with Crippen LogP contribution < -0.4 is 10.1 Å². The van der Waals surface area contributed by atoms with E-state index in [1.165, 1.54) is 5.56 Å². The number of hydrogen-bond donors (Lipinski definition) is 1. The van der Waals surface area contributed by atoms with Gasteiger partial charge in [-0.3, -0.25) is 9.69 Å². The van der Waals surface area contributed by atoms with Crippen LogP contribution in [0.2, 0.25) is 0 Å². The van der Waals surface area contributed by atoms with Crippen LogP contribution in [-0.4, -0.2) is 47.7 Å². The average Bonchev–Trinajstić information content (AvgIpc) is 3.25. The molecular weight excluding hydrogens is 380 g/mol. The van der Waals surface area contributed by atoms with Crippen LogP contribution in [0.1, 0.15) is 30.2 Å². The van der Waals surface area contributed by atoms with Gasteiger partial charge in [0.05, 0.1) is 19.3 Å². The van der Waals surface area contributed by atoms with Crippen LogP contribution in [0.3, 0.4) is 0 Å². The standard InChI is InChI=1S/C23H26N4O3/c1-16-6-5-7-18(14-16)22-25-23(30-26-22)17-10-12-27(13-11-17)15-21(28)24-19-8-3-4-9-20(19)29-2/h3-9,14,17H,10-13,15H2,1-2H3,(H,24,28). The summed E-state index contributed by atoms with van der Waals surface area (Å²) in [5.74, 6) is 2.16. The number of hydrogen-bond acceptors (Lipinski definition) is 6. The maximum atomic E-state index is 12.4. The molecule has 1 saturated heterocycles. The highest BCUT2D eigenvalue weighted by Crippen LogP contribution is 2.29. The topological polar surface area (TPSA) is 80.5 Å². The summed E-state index contributed by atoms with van der Waals surface area (Å²) in [6.45, 7) is 4.02. The van der Waals surface area contributed by atoms with Gasteiger partial charge in [0, 0.05) is 11.5 Å². The maximum absolute atomic E-state index is 12.4. The van der Waals surface area contributed by atoms with Crippen molar-refractivity contribution in [3.05, 3.63) is 60.0 Å². The number of benzene rings is 2. The van der Waals surface area contributed by atoms with E-state index in [1.54, 1.807) is 7.11 Å². The van der Waals surface area contributed by atoms with Crippen LogP contribution in [0.5, 0.6) is 5.75 Å². The fraction of sp³-hybridized carbons (Fsp3) is 0.348. The van der Waals surface area contributed by atoms with Gasteiger partial charge in [-0.2, -0.15) is 4.98 Å². The molecule has 0 unspecified atom stereocenters. The van der Waals surface area contributed by atoms with Crippen molar-refractivity contribution >= 4 is 11.6 Å². The third-order valence-electron chi connectivity index (χ3n) is 5.40. The molecule has 1 amide bonds. The van der Waals surface area contributed by atoms with Crippen molar-refractivity contribution in [2.24, 2.45) is 0 Å². The van der Waals surface area contributed by atoms with E-state index in [0.717, 1.165) is 31.5 Å². The highest BCUT2D eigenvalue weighted by atomic mass is 16.5. The summed E-state index contributed by atoms with van der Waals surface area (Å²) in [4.78, 5) is 19.2. The molecule has 1 aliphatic heterocycles. The van der Waals surface area contributed by atoms with Gasteiger partial charge in [-0.15, -0.1) is 0 Å². The van der Waals surface area contributed by atoms with Crippen LogP contribution >= 0.6 is 0 Å². The van der Waals surface area contributed by atoms with Crippen molar-refractivity contribution in [3.8, 4) is 17.1 Å². The Hall–Kier alpha value is -3.19. The van der Waals surface area contributed by atoms with Crippen molar-refractivity contribution in [3.63, 3.8) is 0 Å². The van der Waals surface area contributed by atoms with E-state index in [9.17, 15) is 4.79 Å². The first-order valence-electron chi connectivity index (χ1n) is 10.2. The van der Waals surface area contributed by atoms with Crippen molar-refractivity contribution in [2.45, 2.75) is 25.7 Å². The van der Waals surface area contributed by atoms with Crippen molar-refractivity contribution < 1.29 is 14.1 Å². The molecule has 1 N–H and O–H groups in total. The van der Waals surface area contributed by atoms with Crippen LogP contribution in [0.15, 0.2) is 53.1 Å². The number of carbonyl (C=O) groups is 1. The molecule has 0 aliphatic carbocycles. The number of aromatic nitrogens is 2. The van der Waals surface area contributed by atoms with Crippen LogP contribution in [0.25, 0.3) is 11.4 Å². The number of para-hydroxylation sites is 2. The van der Waals surface area contributed by atoms with Gasteiger partial charge in [0.2, 0.25) is 17.6 Å². The molecule has 30 heavy (non-hydrogen) atoms. The third-order valence-corrected chi connectivity index (χ3v) is 5.40. The van der Waals surface area contributed by atoms with E-state index in [2.05, 4.69) is 26.4 Å². The monoisotopic (exact) mass is 406 g/mol. The summed E-state index contributed by atoms with van der Waals surface area (Å²) in [7, 11) is 1.59. The zero-order valence-corrected chi connectivity index (χ0v) is 17.3. The number of anilines is 1. The predicted octanol–water partition coefficient (Wildman–Crippen LogP) is 3.87. The van der Waals surface area contributed by atoms with Gasteiger partial charge in [-0.05, 0) is 51.1 Å². The molecule has 7 heteroatoms. The Balaban J connectivity index is 1.30. The molecule has 0 radical (unpaired) electrons. The first-order chi connectivity index (χ1) is 14.6. The Kier molecular flexibility index (Phi) is 6.09. The number of methoxy groups -OCH3 is 1. The lowest BCUT2D eigenvalue weighted by Gasteiger charge is -2.29. The first-order valence-corrected chi connectivity index (χ1v) is 10.2. The summed E-state index contributed by atoms with van der Waals surface area (Å²) >= 11 is 0. The number of carbonyl (C=O) groups excluding carboxylic acids is 1. The fourth-order valence-electron chi connectivity index (χ4n) is 3.78. The molecule has 7 nitrogen and oxygen atoms in total. The average molecular weight is 406 g/mol. The van der Waals surface area contributed by atoms with E-state index in [1.807, 2.05) is 49.4 Å². The Morgan fingerprint density at radius 3 is 2.77 bits per heavy atom. The molecular formula is C23H26N4O3. The van der Waals surface area contributed by atoms with Gasteiger partial charge in [0.15, 0.2) is 0 Å². The molecule has 1 aliphatic rings. The third kappa shape index (κ3) is 4.68. The number of piperidine rings is 1. The number of likely N-dealkylation sites (tertiary alicyclic amines) is 1. The zero-order chi connectivity index (χ0) is 20.9. The van der Waals surface area contributed by atoms with Gasteiger partial charge >= 0.3 is 0 Å². The number of ether oxygens (including phenoxy) is 1. The summed E-state index contributed by atoms with van der Waals surface area (Å²) in [5, 5.41) is 7.09. The summed E-state index contributed by atoms with van der Waals surface area (Å²) in [6, 6.07) is 15.5. The zero-order valence-electron chi connectivity index (χ0n) is 17.3. The lowest BCUT2D eigenvalue weighted by atomic mass is 9.97. The minimum absolute atomic E-state index is 0.0440. The van der Waals surface area contributed by atoms with Gasteiger partial charge in [0.1, 0.15) is 5.75 Å². The Morgan fingerprint density at radius 1 is 1.20 bits per heavy atom. The number of aryl methyl sites for hydroxylation is 1. The normalized spacial score (nSPS) is 15.1. The Labute approximate surface area is 176 Å². The molecule has 0 spiro atoms. The molecule has 2 aromatic carbocycles. The van der Waals surface area contributed by atoms with E-state index in [-0.39, 0.29) is 11.8 Å².